The molecule has 22 valence electrons. The van der Waals surface area contributed by atoms with Crippen molar-refractivity contribution in [2.24, 2.45) is 0 Å². The molecule has 3 heteroatoms. The molecule has 0 radical (unpaired) electrons. The minimum atomic E-state index is -0.0556. The van der Waals surface area contributed by atoms with Crippen LogP contribution in [0.4, 0.5) is 4.79 Å². The molecule has 0 saturated carbocycles. The van der Waals surface area contributed by atoms with Crippen LogP contribution in [-0.4, -0.2) is 20.2 Å². The van der Waals surface area contributed by atoms with Gasteiger partial charge in [0, 0.05) is 0 Å². The molecule has 1 aliphatic heterocycles. The van der Waals surface area contributed by atoms with Gasteiger partial charge in [0.05, 0.1) is 0 Å². The molecule has 0 spiro atoms. The van der Waals surface area contributed by atoms with Crippen LogP contribution in [-0.2, 0) is 3.82 Å². The quantitative estimate of drug-likeness (QED) is 0.328. The number of hydrogen-bond donors (Lipinski definition) is 0. The zero-order chi connectivity index (χ0) is 2.99. The molecule has 0 amide bonds. The van der Waals surface area contributed by atoms with E-state index in [1.165, 1.54) is 0 Å². The van der Waals surface area contributed by atoms with Crippen molar-refractivity contribution < 1.29 is 8.61 Å². The molecule has 1 rings (SSSR count). The Labute approximate surface area is 29.6 Å². The fourth-order valence-corrected chi connectivity index (χ4v) is 0.0884. The Balaban J connectivity index is 2.60. The van der Waals surface area contributed by atoms with E-state index < -0.39 is 0 Å². The van der Waals surface area contributed by atoms with E-state index in [4.69, 9.17) is 0 Å². The summed E-state index contributed by atoms with van der Waals surface area (Å²) in [5, 5.41) is 0. The van der Waals surface area contributed by atoms with Crippen molar-refractivity contribution >= 4 is 20.2 Å². The van der Waals surface area contributed by atoms with Crippen molar-refractivity contribution in [3.63, 3.8) is 0 Å². The Kier molecular flexibility index (Phi) is 0.266. The molecule has 1 aliphatic rings. The molecule has 0 aromatic carbocycles. The van der Waals surface area contributed by atoms with Gasteiger partial charge in [-0.05, 0) is 0 Å². The Morgan fingerprint density at radius 3 is 2.25 bits per heavy atom. The Morgan fingerprint density at radius 2 is 2.25 bits per heavy atom. The molecule has 2 nitrogen and oxygen atoms in total. The van der Waals surface area contributed by atoms with Crippen LogP contribution < -0.4 is 0 Å². The summed E-state index contributed by atoms with van der Waals surface area (Å²) in [5.41, 5.74) is 0. The van der Waals surface area contributed by atoms with Gasteiger partial charge in [0.2, 0.25) is 0 Å². The zero-order valence-corrected chi connectivity index (χ0v) is 3.44. The van der Waals surface area contributed by atoms with Crippen LogP contribution in [0.3, 0.4) is 0 Å². The normalized spacial score (nSPS) is 19.5. The first-order chi connectivity index (χ1) is 1.89. The first-order valence-electron chi connectivity index (χ1n) is 0.779. The fourth-order valence-electron chi connectivity index (χ4n) is 0.0170. The summed E-state index contributed by atoms with van der Waals surface area (Å²) in [6.07, 6.45) is 0. The van der Waals surface area contributed by atoms with E-state index in [-0.39, 0.29) is 20.2 Å². The van der Waals surface area contributed by atoms with Crippen LogP contribution in [0.15, 0.2) is 0 Å². The van der Waals surface area contributed by atoms with Gasteiger partial charge in [0.15, 0.2) is 0 Å². The van der Waals surface area contributed by atoms with Crippen molar-refractivity contribution in [3.05, 3.63) is 0 Å². The molecule has 4 heavy (non-hydrogen) atoms. The van der Waals surface area contributed by atoms with E-state index in [0.717, 1.165) is 0 Å². The van der Waals surface area contributed by atoms with Crippen LogP contribution in [0.1, 0.15) is 0 Å². The monoisotopic (exact) mass is 124 g/mol. The summed E-state index contributed by atoms with van der Waals surface area (Å²) < 4.78 is 4.13. The summed E-state index contributed by atoms with van der Waals surface area (Å²) in [7, 11) is 0. The summed E-state index contributed by atoms with van der Waals surface area (Å²) in [4.78, 5) is 9.34. The van der Waals surface area contributed by atoms with E-state index in [2.05, 4.69) is 3.82 Å². The van der Waals surface area contributed by atoms with Gasteiger partial charge in [-0.1, -0.05) is 0 Å². The molecule has 1 heterocycles. The van der Waals surface area contributed by atoms with Gasteiger partial charge >= 0.3 is 28.8 Å². The zero-order valence-electron chi connectivity index (χ0n) is 1.72. The third-order valence-corrected chi connectivity index (χ3v) is 0.787. The van der Waals surface area contributed by atoms with E-state index in [0.29, 0.717) is 0 Å². The molecular weight excluding hydrogens is 123 g/mol. The van der Waals surface area contributed by atoms with Crippen LogP contribution in [0.2, 0.25) is 0 Å². The summed E-state index contributed by atoms with van der Waals surface area (Å²) in [6.45, 7) is 0. The summed E-state index contributed by atoms with van der Waals surface area (Å²) in [6, 6.07) is 0. The first-order valence-corrected chi connectivity index (χ1v) is 2.33. The molecule has 1 fully saturated rings. The SMILES string of the molecule is O=C1O[Se]1. The van der Waals surface area contributed by atoms with Gasteiger partial charge in [0.25, 0.3) is 0 Å². The number of carbonyl (C=O) groups excluding carboxylic acids is 1. The number of hydrogen-bond acceptors (Lipinski definition) is 2. The second-order valence-electron chi connectivity index (χ2n) is 0.417. The Bertz CT molecular complexity index is 44.0. The Morgan fingerprint density at radius 1 is 2.00 bits per heavy atom. The molecule has 0 aromatic rings. The maximum atomic E-state index is 9.36. The van der Waals surface area contributed by atoms with Crippen LogP contribution >= 0.6 is 0 Å². The van der Waals surface area contributed by atoms with Gasteiger partial charge in [0.1, 0.15) is 0 Å². The second-order valence-corrected chi connectivity index (χ2v) is 1.82. The summed E-state index contributed by atoms with van der Waals surface area (Å²) >= 11 is -0.0556. The molecular formula is CO2Se. The van der Waals surface area contributed by atoms with Crippen molar-refractivity contribution in [1.29, 1.82) is 0 Å². The van der Waals surface area contributed by atoms with Crippen molar-refractivity contribution in [2.75, 3.05) is 0 Å². The van der Waals surface area contributed by atoms with Gasteiger partial charge < -0.3 is 0 Å². The van der Waals surface area contributed by atoms with E-state index >= 15 is 0 Å². The molecule has 0 aliphatic carbocycles. The van der Waals surface area contributed by atoms with Gasteiger partial charge in [-0.3, -0.25) is 0 Å². The Hall–Kier alpha value is -0.0105. The molecule has 1 saturated heterocycles. The predicted molar refractivity (Wildman–Crippen MR) is 12.2 cm³/mol. The van der Waals surface area contributed by atoms with E-state index in [9.17, 15) is 4.79 Å². The number of carbonyl (C=O) groups is 1. The van der Waals surface area contributed by atoms with E-state index in [1.54, 1.807) is 0 Å². The second kappa shape index (κ2) is 0.475. The molecule has 0 unspecified atom stereocenters. The standard InChI is InChI=1S/CO2Se/c2-1-3-4-1. The third-order valence-electron chi connectivity index (χ3n) is 0.151. The topological polar surface area (TPSA) is 29.6 Å². The van der Waals surface area contributed by atoms with Crippen molar-refractivity contribution in [3.8, 4) is 0 Å². The maximum absolute atomic E-state index is 9.36. The molecule has 0 N–H and O–H groups in total. The van der Waals surface area contributed by atoms with Gasteiger partial charge in [-0.15, -0.1) is 0 Å². The summed E-state index contributed by atoms with van der Waals surface area (Å²) in [5.74, 6) is 0. The van der Waals surface area contributed by atoms with Crippen LogP contribution in [0.25, 0.3) is 0 Å². The predicted octanol–water partition coefficient (Wildman–Crippen LogP) is -0.244. The molecule has 0 atom stereocenters. The number of rotatable bonds is 0. The first kappa shape index (κ1) is 2.24. The van der Waals surface area contributed by atoms with Crippen LogP contribution in [0, 0.1) is 0 Å². The fraction of sp³-hybridized carbons (Fsp3) is 0. The molecule has 0 bridgehead atoms. The average Bonchev–Trinajstić information content (AvgIpc) is 1.75. The molecule has 0 aromatic heterocycles. The van der Waals surface area contributed by atoms with Crippen LogP contribution in [0.5, 0.6) is 0 Å². The van der Waals surface area contributed by atoms with E-state index in [1.807, 2.05) is 0 Å². The van der Waals surface area contributed by atoms with Crippen molar-refractivity contribution in [2.45, 2.75) is 0 Å². The van der Waals surface area contributed by atoms with Gasteiger partial charge in [-0.25, -0.2) is 0 Å². The third kappa shape index (κ3) is 0.218. The van der Waals surface area contributed by atoms with Crippen molar-refractivity contribution in [1.82, 2.24) is 0 Å². The average molecular weight is 123 g/mol. The van der Waals surface area contributed by atoms with Gasteiger partial charge in [-0.2, -0.15) is 0 Å². The minimum absolute atomic E-state index is 0.0208.